The third-order valence-corrected chi connectivity index (χ3v) is 6.61. The van der Waals surface area contributed by atoms with Gasteiger partial charge < -0.3 is 21.1 Å². The molecule has 0 saturated heterocycles. The number of carbonyl (C=O) groups is 1. The van der Waals surface area contributed by atoms with Gasteiger partial charge in [0.25, 0.3) is 0 Å². The number of hydrogen-bond acceptors (Lipinski definition) is 5. The predicted octanol–water partition coefficient (Wildman–Crippen LogP) is 5.18. The summed E-state index contributed by atoms with van der Waals surface area (Å²) < 4.78 is 0. The summed E-state index contributed by atoms with van der Waals surface area (Å²) >= 11 is 6.25. The molecule has 1 aliphatic heterocycles. The van der Waals surface area contributed by atoms with Gasteiger partial charge in [-0.2, -0.15) is 5.26 Å². The van der Waals surface area contributed by atoms with Crippen LogP contribution in [-0.4, -0.2) is 30.2 Å². The van der Waals surface area contributed by atoms with Crippen molar-refractivity contribution < 1.29 is 9.90 Å². The molecule has 4 N–H and O–H groups in total. The minimum atomic E-state index is -0.894. The number of halogens is 1. The van der Waals surface area contributed by atoms with Crippen molar-refractivity contribution in [3.05, 3.63) is 94.0 Å². The number of anilines is 2. The van der Waals surface area contributed by atoms with Crippen LogP contribution in [0.2, 0.25) is 5.02 Å². The number of nitrogens with zero attached hydrogens (tertiary/aromatic N) is 1. The van der Waals surface area contributed by atoms with Crippen molar-refractivity contribution in [2.24, 2.45) is 0 Å². The van der Waals surface area contributed by atoms with Crippen molar-refractivity contribution in [1.29, 1.82) is 5.26 Å². The zero-order valence-corrected chi connectivity index (χ0v) is 19.6. The van der Waals surface area contributed by atoms with Crippen LogP contribution in [0.25, 0.3) is 0 Å². The minimum absolute atomic E-state index is 0.00156. The zero-order valence-electron chi connectivity index (χ0n) is 18.9. The number of para-hydroxylation sites is 1. The Labute approximate surface area is 204 Å². The molecule has 1 aliphatic rings. The maximum Gasteiger partial charge on any atom is 0.310 e. The van der Waals surface area contributed by atoms with Crippen LogP contribution in [-0.2, 0) is 11.2 Å². The molecule has 0 bridgehead atoms. The second-order valence-corrected chi connectivity index (χ2v) is 8.89. The standard InChI is InChI=1S/C27H27ClN4O2/c1-17(27(33)34)21-14-18(10-11-22(21)28)12-13-30-25(19-6-3-2-4-7-19)24-16-31-23-9-5-8-20(15-29)26(23)32-24/h2-11,14,17,24-25,30-32H,12-13,16H2,1H3,(H,33,34)/t17-,24-,25-/m1/s1. The maximum absolute atomic E-state index is 11.4. The number of rotatable bonds is 8. The molecule has 0 saturated carbocycles. The molecular formula is C27H27ClN4O2. The first kappa shape index (κ1) is 23.6. The first-order valence-electron chi connectivity index (χ1n) is 11.3. The van der Waals surface area contributed by atoms with Crippen molar-refractivity contribution in [2.75, 3.05) is 23.7 Å². The first-order valence-corrected chi connectivity index (χ1v) is 11.7. The average molecular weight is 475 g/mol. The van der Waals surface area contributed by atoms with Gasteiger partial charge in [-0.25, -0.2) is 0 Å². The molecule has 34 heavy (non-hydrogen) atoms. The fourth-order valence-electron chi connectivity index (χ4n) is 4.34. The van der Waals surface area contributed by atoms with Gasteiger partial charge in [0.1, 0.15) is 6.07 Å². The van der Waals surface area contributed by atoms with E-state index in [-0.39, 0.29) is 12.1 Å². The van der Waals surface area contributed by atoms with Crippen LogP contribution in [0.15, 0.2) is 66.7 Å². The van der Waals surface area contributed by atoms with E-state index in [2.05, 4.69) is 34.2 Å². The molecule has 1 heterocycles. The van der Waals surface area contributed by atoms with Crippen LogP contribution in [0.1, 0.15) is 41.1 Å². The van der Waals surface area contributed by atoms with Crippen LogP contribution in [0.5, 0.6) is 0 Å². The number of nitriles is 1. The Bertz CT molecular complexity index is 1210. The summed E-state index contributed by atoms with van der Waals surface area (Å²) in [5.41, 5.74) is 5.18. The predicted molar refractivity (Wildman–Crippen MR) is 135 cm³/mol. The lowest BCUT2D eigenvalue weighted by molar-refractivity contribution is -0.138. The Morgan fingerprint density at radius 1 is 1.21 bits per heavy atom. The topological polar surface area (TPSA) is 97.2 Å². The van der Waals surface area contributed by atoms with Crippen molar-refractivity contribution in [3.8, 4) is 6.07 Å². The normalized spacial score (nSPS) is 16.3. The Morgan fingerprint density at radius 3 is 2.74 bits per heavy atom. The summed E-state index contributed by atoms with van der Waals surface area (Å²) in [6, 6.07) is 23.8. The van der Waals surface area contributed by atoms with Crippen molar-refractivity contribution in [2.45, 2.75) is 31.3 Å². The summed E-state index contributed by atoms with van der Waals surface area (Å²) in [5.74, 6) is -1.56. The van der Waals surface area contributed by atoms with Gasteiger partial charge in [0.2, 0.25) is 0 Å². The van der Waals surface area contributed by atoms with Gasteiger partial charge in [-0.05, 0) is 54.8 Å². The Morgan fingerprint density at radius 2 is 2.00 bits per heavy atom. The van der Waals surface area contributed by atoms with Crippen LogP contribution in [0.4, 0.5) is 11.4 Å². The molecule has 0 aromatic heterocycles. The molecule has 0 spiro atoms. The molecule has 3 aromatic rings. The van der Waals surface area contributed by atoms with E-state index in [1.807, 2.05) is 48.5 Å². The van der Waals surface area contributed by atoms with E-state index in [4.69, 9.17) is 11.6 Å². The van der Waals surface area contributed by atoms with Crippen LogP contribution >= 0.6 is 11.6 Å². The van der Waals surface area contributed by atoms with Gasteiger partial charge in [0.05, 0.1) is 34.9 Å². The van der Waals surface area contributed by atoms with Crippen LogP contribution < -0.4 is 16.0 Å². The number of benzene rings is 3. The molecule has 0 radical (unpaired) electrons. The van der Waals surface area contributed by atoms with E-state index in [1.165, 1.54) is 0 Å². The molecule has 0 aliphatic carbocycles. The van der Waals surface area contributed by atoms with Gasteiger partial charge in [-0.15, -0.1) is 0 Å². The Kier molecular flexibility index (Phi) is 7.36. The molecule has 4 rings (SSSR count). The van der Waals surface area contributed by atoms with E-state index in [9.17, 15) is 15.2 Å². The van der Waals surface area contributed by atoms with E-state index < -0.39 is 11.9 Å². The van der Waals surface area contributed by atoms with Crippen LogP contribution in [0.3, 0.4) is 0 Å². The number of carboxylic acids is 1. The number of fused-ring (bicyclic) bond motifs is 1. The number of nitrogens with one attached hydrogen (secondary N) is 3. The fraction of sp³-hybridized carbons (Fsp3) is 0.259. The number of carboxylic acid groups (broad SMARTS) is 1. The zero-order chi connectivity index (χ0) is 24.1. The molecule has 6 nitrogen and oxygen atoms in total. The molecule has 3 atom stereocenters. The highest BCUT2D eigenvalue weighted by Crippen LogP contribution is 2.33. The summed E-state index contributed by atoms with van der Waals surface area (Å²) in [6.45, 7) is 3.04. The smallest absolute Gasteiger partial charge is 0.310 e. The summed E-state index contributed by atoms with van der Waals surface area (Å²) in [7, 11) is 0. The first-order chi connectivity index (χ1) is 16.5. The quantitative estimate of drug-likeness (QED) is 0.359. The van der Waals surface area contributed by atoms with E-state index in [0.717, 1.165) is 28.9 Å². The SMILES string of the molecule is C[C@@H](C(=O)O)c1cc(CCN[C@H](c2ccccc2)[C@H]2CNc3cccc(C#N)c3N2)ccc1Cl. The Balaban J connectivity index is 1.51. The largest absolute Gasteiger partial charge is 0.481 e. The van der Waals surface area contributed by atoms with Gasteiger partial charge in [-0.3, -0.25) is 4.79 Å². The second kappa shape index (κ2) is 10.6. The number of aliphatic carboxylic acids is 1. The highest BCUT2D eigenvalue weighted by Gasteiger charge is 2.28. The lowest BCUT2D eigenvalue weighted by Crippen LogP contribution is -2.44. The number of hydrogen-bond donors (Lipinski definition) is 4. The van der Waals surface area contributed by atoms with Gasteiger partial charge in [0, 0.05) is 11.6 Å². The Hall–Kier alpha value is -3.53. The molecule has 0 amide bonds. The van der Waals surface area contributed by atoms with Gasteiger partial charge in [-0.1, -0.05) is 60.1 Å². The summed E-state index contributed by atoms with van der Waals surface area (Å²) in [5, 5.41) is 30.1. The van der Waals surface area contributed by atoms with Crippen LogP contribution in [0, 0.1) is 11.3 Å². The minimum Gasteiger partial charge on any atom is -0.481 e. The third kappa shape index (κ3) is 5.17. The molecule has 7 heteroatoms. The van der Waals surface area contributed by atoms with Crippen molar-refractivity contribution in [3.63, 3.8) is 0 Å². The van der Waals surface area contributed by atoms with E-state index in [0.29, 0.717) is 29.2 Å². The van der Waals surface area contributed by atoms with Crippen molar-refractivity contribution in [1.82, 2.24) is 5.32 Å². The van der Waals surface area contributed by atoms with Crippen molar-refractivity contribution >= 4 is 28.9 Å². The average Bonchev–Trinajstić information content (AvgIpc) is 2.87. The third-order valence-electron chi connectivity index (χ3n) is 6.26. The highest BCUT2D eigenvalue weighted by atomic mass is 35.5. The summed E-state index contributed by atoms with van der Waals surface area (Å²) in [4.78, 5) is 11.4. The molecule has 3 aromatic carbocycles. The van der Waals surface area contributed by atoms with E-state index in [1.54, 1.807) is 13.0 Å². The molecule has 0 fully saturated rings. The fourth-order valence-corrected chi connectivity index (χ4v) is 4.63. The molecule has 0 unspecified atom stereocenters. The highest BCUT2D eigenvalue weighted by molar-refractivity contribution is 6.31. The van der Waals surface area contributed by atoms with Gasteiger partial charge in [0.15, 0.2) is 0 Å². The maximum atomic E-state index is 11.4. The molecular weight excluding hydrogens is 448 g/mol. The summed E-state index contributed by atoms with van der Waals surface area (Å²) in [6.07, 6.45) is 0.722. The lowest BCUT2D eigenvalue weighted by atomic mass is 9.95. The lowest BCUT2D eigenvalue weighted by Gasteiger charge is -2.35. The molecule has 174 valence electrons. The van der Waals surface area contributed by atoms with Gasteiger partial charge >= 0.3 is 5.97 Å². The second-order valence-electron chi connectivity index (χ2n) is 8.48. The van der Waals surface area contributed by atoms with E-state index >= 15 is 0 Å². The monoisotopic (exact) mass is 474 g/mol.